The number of aromatic nitrogens is 3. The van der Waals surface area contributed by atoms with Gasteiger partial charge in [0.15, 0.2) is 5.65 Å². The van der Waals surface area contributed by atoms with E-state index in [-0.39, 0.29) is 43.6 Å². The fourth-order valence-electron chi connectivity index (χ4n) is 5.00. The summed E-state index contributed by atoms with van der Waals surface area (Å²) in [6, 6.07) is 1.81. The summed E-state index contributed by atoms with van der Waals surface area (Å²) in [6.07, 6.45) is 4.91. The van der Waals surface area contributed by atoms with Crippen LogP contribution < -0.4 is 5.32 Å². The monoisotopic (exact) mass is 410 g/mol. The van der Waals surface area contributed by atoms with Crippen molar-refractivity contribution in [2.24, 2.45) is 23.7 Å². The van der Waals surface area contributed by atoms with Crippen molar-refractivity contribution in [3.05, 3.63) is 29.7 Å². The van der Waals surface area contributed by atoms with Crippen molar-refractivity contribution in [1.29, 1.82) is 0 Å². The van der Waals surface area contributed by atoms with Crippen molar-refractivity contribution in [3.8, 4) is 0 Å². The molecule has 2 heterocycles. The van der Waals surface area contributed by atoms with Crippen LogP contribution in [-0.4, -0.2) is 32.4 Å². The Labute approximate surface area is 164 Å². The third-order valence-electron chi connectivity index (χ3n) is 6.60. The lowest BCUT2D eigenvalue weighted by molar-refractivity contribution is -0.133. The average molecular weight is 410 g/mol. The normalized spacial score (nSPS) is 29.4. The number of alkyl halides is 4. The predicted octanol–water partition coefficient (Wildman–Crippen LogP) is 3.61. The molecule has 2 unspecified atom stereocenters. The van der Waals surface area contributed by atoms with E-state index in [0.29, 0.717) is 24.9 Å². The van der Waals surface area contributed by atoms with Crippen LogP contribution in [0.3, 0.4) is 0 Å². The van der Waals surface area contributed by atoms with Gasteiger partial charge in [-0.1, -0.05) is 0 Å². The van der Waals surface area contributed by atoms with Crippen molar-refractivity contribution in [2.75, 3.05) is 0 Å². The summed E-state index contributed by atoms with van der Waals surface area (Å²) in [4.78, 5) is 16.5. The molecule has 9 heteroatoms. The summed E-state index contributed by atoms with van der Waals surface area (Å²) in [5, 5.41) is 7.03. The number of hydrogen-bond acceptors (Lipinski definition) is 3. The van der Waals surface area contributed by atoms with E-state index >= 15 is 0 Å². The minimum Gasteiger partial charge on any atom is -0.352 e. The van der Waals surface area contributed by atoms with Gasteiger partial charge in [-0.15, -0.1) is 0 Å². The van der Waals surface area contributed by atoms with Gasteiger partial charge in [0.2, 0.25) is 11.8 Å². The van der Waals surface area contributed by atoms with Crippen molar-refractivity contribution >= 4 is 11.6 Å². The number of fused-ring (bicyclic) bond motifs is 2. The largest absolute Gasteiger partial charge is 0.352 e. The number of nitrogens with zero attached hydrogens (tertiary/aromatic N) is 3. The average Bonchev–Trinajstić information content (AvgIpc) is 3.02. The molecule has 0 spiro atoms. The minimum atomic E-state index is -2.61. The molecule has 3 aliphatic carbocycles. The van der Waals surface area contributed by atoms with Crippen LogP contribution >= 0.6 is 0 Å². The van der Waals surface area contributed by atoms with Gasteiger partial charge in [-0.3, -0.25) is 4.79 Å². The molecular formula is C20H22F4N4O. The molecule has 3 aliphatic rings. The number of halogens is 4. The highest BCUT2D eigenvalue weighted by atomic mass is 19.3. The molecule has 156 valence electrons. The van der Waals surface area contributed by atoms with Gasteiger partial charge in [0.1, 0.15) is 0 Å². The second-order valence-electron chi connectivity index (χ2n) is 8.94. The molecule has 3 saturated carbocycles. The lowest BCUT2D eigenvalue weighted by Gasteiger charge is -2.34. The van der Waals surface area contributed by atoms with Gasteiger partial charge in [0.05, 0.1) is 18.1 Å². The van der Waals surface area contributed by atoms with Gasteiger partial charge in [-0.25, -0.2) is 27.1 Å². The summed E-state index contributed by atoms with van der Waals surface area (Å²) < 4.78 is 54.0. The molecule has 0 aromatic carbocycles. The second-order valence-corrected chi connectivity index (χ2v) is 8.94. The molecule has 1 N–H and O–H groups in total. The predicted molar refractivity (Wildman–Crippen MR) is 95.5 cm³/mol. The van der Waals surface area contributed by atoms with Crippen LogP contribution in [-0.2, 0) is 17.8 Å². The Morgan fingerprint density at radius 1 is 1.17 bits per heavy atom. The highest BCUT2D eigenvalue weighted by Gasteiger charge is 2.71. The smallest absolute Gasteiger partial charge is 0.254 e. The molecule has 0 saturated heterocycles. The van der Waals surface area contributed by atoms with E-state index in [1.807, 2.05) is 12.3 Å². The van der Waals surface area contributed by atoms with Crippen molar-refractivity contribution < 1.29 is 22.4 Å². The lowest BCUT2D eigenvalue weighted by Crippen LogP contribution is -2.38. The summed E-state index contributed by atoms with van der Waals surface area (Å²) in [5.74, 6) is -6.19. The molecular weight excluding hydrogens is 388 g/mol. The maximum Gasteiger partial charge on any atom is 0.254 e. The molecule has 0 aliphatic heterocycles. The van der Waals surface area contributed by atoms with Crippen LogP contribution in [0.15, 0.2) is 18.5 Å². The van der Waals surface area contributed by atoms with E-state index in [0.717, 1.165) is 11.3 Å². The zero-order valence-corrected chi connectivity index (χ0v) is 15.8. The Morgan fingerprint density at radius 3 is 2.59 bits per heavy atom. The Morgan fingerprint density at radius 2 is 1.90 bits per heavy atom. The van der Waals surface area contributed by atoms with Crippen molar-refractivity contribution in [2.45, 2.75) is 56.9 Å². The third-order valence-corrected chi connectivity index (χ3v) is 6.60. The van der Waals surface area contributed by atoms with Crippen LogP contribution in [0.1, 0.15) is 43.4 Å². The fraction of sp³-hybridized carbons (Fsp3) is 0.650. The summed E-state index contributed by atoms with van der Waals surface area (Å²) >= 11 is 0. The van der Waals surface area contributed by atoms with Gasteiger partial charge in [0, 0.05) is 37.6 Å². The minimum absolute atomic E-state index is 0.112. The quantitative estimate of drug-likeness (QED) is 0.740. The first-order chi connectivity index (χ1) is 13.7. The highest BCUT2D eigenvalue weighted by Crippen LogP contribution is 2.66. The lowest BCUT2D eigenvalue weighted by atomic mass is 9.79. The third kappa shape index (κ3) is 3.59. The topological polar surface area (TPSA) is 59.3 Å². The maximum absolute atomic E-state index is 13.3. The number of carbonyl (C=O) groups is 1. The Bertz CT molecular complexity index is 937. The van der Waals surface area contributed by atoms with E-state index in [9.17, 15) is 22.4 Å². The van der Waals surface area contributed by atoms with Crippen LogP contribution in [0.25, 0.3) is 5.65 Å². The van der Waals surface area contributed by atoms with E-state index in [4.69, 9.17) is 0 Å². The molecule has 3 fully saturated rings. The SMILES string of the molecule is O=C(CC1CC(F)(F)C1)NCc1cnn2cc(CC3CC4C(C3)C4(F)F)nc2c1. The van der Waals surface area contributed by atoms with Crippen LogP contribution in [0.4, 0.5) is 17.6 Å². The number of amides is 1. The Hall–Kier alpha value is -2.19. The molecule has 5 rings (SSSR count). The summed E-state index contributed by atoms with van der Waals surface area (Å²) in [5.41, 5.74) is 2.24. The molecule has 0 bridgehead atoms. The van der Waals surface area contributed by atoms with E-state index < -0.39 is 23.7 Å². The van der Waals surface area contributed by atoms with Gasteiger partial charge in [-0.05, 0) is 42.7 Å². The summed E-state index contributed by atoms with van der Waals surface area (Å²) in [6.45, 7) is 0.259. The van der Waals surface area contributed by atoms with Gasteiger partial charge in [0.25, 0.3) is 5.92 Å². The van der Waals surface area contributed by atoms with E-state index in [1.54, 1.807) is 10.7 Å². The van der Waals surface area contributed by atoms with Crippen LogP contribution in [0, 0.1) is 23.7 Å². The first-order valence-electron chi connectivity index (χ1n) is 10.0. The van der Waals surface area contributed by atoms with E-state index in [1.165, 1.54) is 0 Å². The molecule has 2 aromatic heterocycles. The Kier molecular flexibility index (Phi) is 4.15. The molecule has 29 heavy (non-hydrogen) atoms. The zero-order valence-electron chi connectivity index (χ0n) is 15.8. The van der Waals surface area contributed by atoms with Crippen molar-refractivity contribution in [3.63, 3.8) is 0 Å². The second kappa shape index (κ2) is 6.40. The fourth-order valence-corrected chi connectivity index (χ4v) is 5.00. The number of rotatable bonds is 6. The highest BCUT2D eigenvalue weighted by molar-refractivity contribution is 5.76. The van der Waals surface area contributed by atoms with Crippen LogP contribution in [0.5, 0.6) is 0 Å². The first-order valence-corrected chi connectivity index (χ1v) is 10.0. The first kappa shape index (κ1) is 18.8. The van der Waals surface area contributed by atoms with Crippen molar-refractivity contribution in [1.82, 2.24) is 19.9 Å². The number of imidazole rings is 1. The van der Waals surface area contributed by atoms with Crippen LogP contribution in [0.2, 0.25) is 0 Å². The maximum atomic E-state index is 13.3. The Balaban J connectivity index is 1.14. The number of nitrogens with one attached hydrogen (secondary N) is 1. The molecule has 1 amide bonds. The molecule has 5 nitrogen and oxygen atoms in total. The molecule has 2 aromatic rings. The van der Waals surface area contributed by atoms with Gasteiger partial charge >= 0.3 is 0 Å². The molecule has 2 atom stereocenters. The van der Waals surface area contributed by atoms with Gasteiger partial charge < -0.3 is 5.32 Å². The van der Waals surface area contributed by atoms with E-state index in [2.05, 4.69) is 15.4 Å². The molecule has 0 radical (unpaired) electrons. The standard InChI is InChI=1S/C20H22F4N4O/c21-19(22)6-12(7-19)5-18(29)25-8-13-4-17-27-14(10-28(17)26-9-13)1-11-2-15-16(3-11)20(15,23)24/h4,9-12,15-16H,1-3,5-8H2,(H,25,29). The number of hydrogen-bond donors (Lipinski definition) is 1. The zero-order chi connectivity index (χ0) is 20.4. The van der Waals surface area contributed by atoms with Gasteiger partial charge in [-0.2, -0.15) is 5.10 Å². The number of carbonyl (C=O) groups excluding carboxylic acids is 1. The summed E-state index contributed by atoms with van der Waals surface area (Å²) in [7, 11) is 0.